The average Bonchev–Trinajstić information content (AvgIpc) is 2.88. The summed E-state index contributed by atoms with van der Waals surface area (Å²) in [6.07, 6.45) is 0.382. The molecule has 0 saturated heterocycles. The van der Waals surface area contributed by atoms with Gasteiger partial charge in [-0.3, -0.25) is 13.9 Å². The lowest BCUT2D eigenvalue weighted by Crippen LogP contribution is -2.53. The van der Waals surface area contributed by atoms with Gasteiger partial charge in [-0.15, -0.1) is 0 Å². The first-order chi connectivity index (χ1) is 17.6. The molecular formula is C29H35N3O4S. The molecule has 0 spiro atoms. The minimum Gasteiger partial charge on any atom is -0.352 e. The van der Waals surface area contributed by atoms with Crippen molar-refractivity contribution < 1.29 is 18.0 Å². The van der Waals surface area contributed by atoms with Crippen LogP contribution in [0.5, 0.6) is 0 Å². The molecule has 1 N–H and O–H groups in total. The summed E-state index contributed by atoms with van der Waals surface area (Å²) in [6, 6.07) is 23.6. The lowest BCUT2D eigenvalue weighted by Gasteiger charge is -2.33. The molecule has 0 saturated carbocycles. The van der Waals surface area contributed by atoms with Crippen molar-refractivity contribution in [3.63, 3.8) is 0 Å². The summed E-state index contributed by atoms with van der Waals surface area (Å²) in [6.45, 7) is 7.20. The van der Waals surface area contributed by atoms with Gasteiger partial charge in [-0.05, 0) is 57.0 Å². The maximum absolute atomic E-state index is 13.9. The van der Waals surface area contributed by atoms with Crippen LogP contribution in [0.1, 0.15) is 38.3 Å². The molecule has 0 aliphatic rings. The highest BCUT2D eigenvalue weighted by Gasteiger charge is 2.33. The number of amides is 2. The van der Waals surface area contributed by atoms with Gasteiger partial charge in [-0.1, -0.05) is 73.2 Å². The maximum atomic E-state index is 13.9. The molecule has 8 heteroatoms. The zero-order chi connectivity index (χ0) is 27.0. The van der Waals surface area contributed by atoms with Gasteiger partial charge in [-0.2, -0.15) is 0 Å². The molecule has 7 nitrogen and oxygen atoms in total. The predicted molar refractivity (Wildman–Crippen MR) is 147 cm³/mol. The highest BCUT2D eigenvalue weighted by atomic mass is 32.2. The molecule has 0 aliphatic heterocycles. The Bertz CT molecular complexity index is 1280. The van der Waals surface area contributed by atoms with Gasteiger partial charge < -0.3 is 10.2 Å². The number of nitrogens with one attached hydrogen (secondary N) is 1. The summed E-state index contributed by atoms with van der Waals surface area (Å²) in [4.78, 5) is 28.6. The molecule has 3 aromatic rings. The molecule has 3 rings (SSSR count). The number of benzene rings is 3. The third-order valence-corrected chi connectivity index (χ3v) is 7.73. The van der Waals surface area contributed by atoms with Crippen LogP contribution >= 0.6 is 0 Å². The van der Waals surface area contributed by atoms with Crippen molar-refractivity contribution in [3.05, 3.63) is 96.1 Å². The number of nitrogens with zero attached hydrogens (tertiary/aromatic N) is 2. The van der Waals surface area contributed by atoms with Gasteiger partial charge in [0.15, 0.2) is 0 Å². The molecule has 0 heterocycles. The van der Waals surface area contributed by atoms with Gasteiger partial charge in [0, 0.05) is 12.6 Å². The zero-order valence-corrected chi connectivity index (χ0v) is 22.6. The van der Waals surface area contributed by atoms with Crippen LogP contribution in [0, 0.1) is 6.92 Å². The Balaban J connectivity index is 2.03. The van der Waals surface area contributed by atoms with E-state index in [2.05, 4.69) is 5.32 Å². The molecule has 0 fully saturated rings. The fourth-order valence-corrected chi connectivity index (χ4v) is 5.47. The predicted octanol–water partition coefficient (Wildman–Crippen LogP) is 4.52. The van der Waals surface area contributed by atoms with E-state index in [1.165, 1.54) is 17.0 Å². The molecule has 37 heavy (non-hydrogen) atoms. The number of anilines is 1. The molecule has 3 aromatic carbocycles. The number of hydrogen-bond acceptors (Lipinski definition) is 4. The van der Waals surface area contributed by atoms with Crippen LogP contribution in [0.2, 0.25) is 0 Å². The molecule has 0 radical (unpaired) electrons. The van der Waals surface area contributed by atoms with E-state index >= 15 is 0 Å². The van der Waals surface area contributed by atoms with Gasteiger partial charge in [0.2, 0.25) is 11.8 Å². The average molecular weight is 522 g/mol. The van der Waals surface area contributed by atoms with E-state index in [-0.39, 0.29) is 23.4 Å². The number of carbonyl (C=O) groups is 2. The second-order valence-corrected chi connectivity index (χ2v) is 11.1. The van der Waals surface area contributed by atoms with Crippen LogP contribution in [-0.2, 0) is 26.2 Å². The van der Waals surface area contributed by atoms with Crippen molar-refractivity contribution in [1.29, 1.82) is 0 Å². The number of carbonyl (C=O) groups excluding carboxylic acids is 2. The monoisotopic (exact) mass is 521 g/mol. The third-order valence-electron chi connectivity index (χ3n) is 5.94. The van der Waals surface area contributed by atoms with E-state index in [1.54, 1.807) is 42.5 Å². The third kappa shape index (κ3) is 7.20. The van der Waals surface area contributed by atoms with Gasteiger partial charge >= 0.3 is 0 Å². The zero-order valence-electron chi connectivity index (χ0n) is 21.8. The summed E-state index contributed by atoms with van der Waals surface area (Å²) < 4.78 is 28.6. The minimum absolute atomic E-state index is 0.0857. The second-order valence-electron chi connectivity index (χ2n) is 9.25. The molecule has 0 aliphatic carbocycles. The van der Waals surface area contributed by atoms with Crippen LogP contribution in [0.15, 0.2) is 89.8 Å². The highest BCUT2D eigenvalue weighted by molar-refractivity contribution is 7.92. The SMILES string of the molecule is CCC(C(=O)NC(C)C)N(Cc1ccccc1)C(=O)CN(c1ccc(C)cc1)S(=O)(=O)c1ccccc1. The largest absolute Gasteiger partial charge is 0.352 e. The van der Waals surface area contributed by atoms with Gasteiger partial charge in [0.1, 0.15) is 12.6 Å². The van der Waals surface area contributed by atoms with E-state index in [0.717, 1.165) is 15.4 Å². The van der Waals surface area contributed by atoms with Gasteiger partial charge in [0.25, 0.3) is 10.0 Å². The lowest BCUT2D eigenvalue weighted by molar-refractivity contribution is -0.140. The van der Waals surface area contributed by atoms with Crippen LogP contribution in [-0.4, -0.2) is 43.8 Å². The second kappa shape index (κ2) is 12.5. The van der Waals surface area contributed by atoms with E-state index < -0.39 is 28.5 Å². The van der Waals surface area contributed by atoms with E-state index in [0.29, 0.717) is 12.1 Å². The fourth-order valence-electron chi connectivity index (χ4n) is 4.04. The Labute approximate surface area is 220 Å². The first-order valence-corrected chi connectivity index (χ1v) is 13.9. The molecule has 1 unspecified atom stereocenters. The molecular weight excluding hydrogens is 486 g/mol. The first kappa shape index (κ1) is 27.9. The lowest BCUT2D eigenvalue weighted by atomic mass is 10.1. The number of aryl methyl sites for hydroxylation is 1. The Kier molecular flexibility index (Phi) is 9.47. The summed E-state index contributed by atoms with van der Waals surface area (Å²) >= 11 is 0. The summed E-state index contributed by atoms with van der Waals surface area (Å²) in [5.74, 6) is -0.732. The van der Waals surface area contributed by atoms with Crippen molar-refractivity contribution in [2.24, 2.45) is 0 Å². The van der Waals surface area contributed by atoms with Crippen molar-refractivity contribution in [2.45, 2.75) is 57.6 Å². The molecule has 1 atom stereocenters. The van der Waals surface area contributed by atoms with Crippen molar-refractivity contribution >= 4 is 27.5 Å². The highest BCUT2D eigenvalue weighted by Crippen LogP contribution is 2.25. The fraction of sp³-hybridized carbons (Fsp3) is 0.310. The summed E-state index contributed by atoms with van der Waals surface area (Å²) in [5, 5.41) is 2.90. The normalized spacial score (nSPS) is 12.1. The van der Waals surface area contributed by atoms with Crippen LogP contribution in [0.4, 0.5) is 5.69 Å². The van der Waals surface area contributed by atoms with E-state index in [9.17, 15) is 18.0 Å². The molecule has 196 valence electrons. The molecule has 2 amide bonds. The van der Waals surface area contributed by atoms with Gasteiger partial charge in [0.05, 0.1) is 10.6 Å². The van der Waals surface area contributed by atoms with Crippen molar-refractivity contribution in [1.82, 2.24) is 10.2 Å². The Morgan fingerprint density at radius 1 is 0.865 bits per heavy atom. The minimum atomic E-state index is -4.05. The number of rotatable bonds is 11. The standard InChI is InChI=1S/C29H35N3O4S/c1-5-27(29(34)30-22(2)3)31(20-24-12-8-6-9-13-24)28(33)21-32(25-18-16-23(4)17-19-25)37(35,36)26-14-10-7-11-15-26/h6-19,22,27H,5,20-21H2,1-4H3,(H,30,34). The number of hydrogen-bond donors (Lipinski definition) is 1. The molecule has 0 bridgehead atoms. The van der Waals surface area contributed by atoms with Crippen molar-refractivity contribution in [2.75, 3.05) is 10.8 Å². The van der Waals surface area contributed by atoms with Crippen LogP contribution in [0.3, 0.4) is 0 Å². The van der Waals surface area contributed by atoms with E-state index in [1.807, 2.05) is 58.0 Å². The van der Waals surface area contributed by atoms with Crippen LogP contribution < -0.4 is 9.62 Å². The van der Waals surface area contributed by atoms with Crippen LogP contribution in [0.25, 0.3) is 0 Å². The number of sulfonamides is 1. The Hall–Kier alpha value is -3.65. The molecule has 0 aromatic heterocycles. The Morgan fingerprint density at radius 2 is 1.43 bits per heavy atom. The van der Waals surface area contributed by atoms with Crippen molar-refractivity contribution in [3.8, 4) is 0 Å². The maximum Gasteiger partial charge on any atom is 0.264 e. The first-order valence-electron chi connectivity index (χ1n) is 12.4. The quantitative estimate of drug-likeness (QED) is 0.402. The smallest absolute Gasteiger partial charge is 0.264 e. The van der Waals surface area contributed by atoms with E-state index in [4.69, 9.17) is 0 Å². The summed E-state index contributed by atoms with van der Waals surface area (Å²) in [7, 11) is -4.05. The Morgan fingerprint density at radius 3 is 1.97 bits per heavy atom. The van der Waals surface area contributed by atoms with Gasteiger partial charge in [-0.25, -0.2) is 8.42 Å². The summed E-state index contributed by atoms with van der Waals surface area (Å²) in [5.41, 5.74) is 2.19. The topological polar surface area (TPSA) is 86.8 Å².